The number of hydrogen-bond acceptors (Lipinski definition) is 4. The van der Waals surface area contributed by atoms with Gasteiger partial charge in [0.1, 0.15) is 0 Å². The van der Waals surface area contributed by atoms with Crippen molar-refractivity contribution >= 4 is 29.1 Å². The van der Waals surface area contributed by atoms with Crippen LogP contribution in [0.4, 0.5) is 11.4 Å². The minimum Gasteiger partial charge on any atom is -0.397 e. The molecule has 0 atom stereocenters. The van der Waals surface area contributed by atoms with Crippen molar-refractivity contribution in [1.29, 1.82) is 0 Å². The van der Waals surface area contributed by atoms with Crippen LogP contribution in [0, 0.1) is 0 Å². The predicted octanol–water partition coefficient (Wildman–Crippen LogP) is 3.38. The topological polar surface area (TPSA) is 95.7 Å². The van der Waals surface area contributed by atoms with E-state index in [9.17, 15) is 14.4 Å². The Morgan fingerprint density at radius 2 is 1.55 bits per heavy atom. The van der Waals surface area contributed by atoms with Gasteiger partial charge in [-0.15, -0.1) is 0 Å². The van der Waals surface area contributed by atoms with Gasteiger partial charge in [0.15, 0.2) is 0 Å². The molecule has 7 heteroatoms. The normalized spacial score (nSPS) is 13.8. The zero-order valence-corrected chi connectivity index (χ0v) is 18.5. The lowest BCUT2D eigenvalue weighted by Crippen LogP contribution is -2.53. The molecule has 4 rings (SSSR count). The van der Waals surface area contributed by atoms with Crippen LogP contribution >= 0.6 is 0 Å². The molecule has 3 N–H and O–H groups in total. The van der Waals surface area contributed by atoms with Gasteiger partial charge in [0.05, 0.1) is 11.4 Å². The minimum atomic E-state index is -0.487. The Morgan fingerprint density at radius 3 is 2.24 bits per heavy atom. The van der Waals surface area contributed by atoms with Gasteiger partial charge in [-0.05, 0) is 47.9 Å². The average molecular weight is 443 g/mol. The Kier molecular flexibility index (Phi) is 6.40. The van der Waals surface area contributed by atoms with E-state index in [0.717, 1.165) is 16.7 Å². The highest BCUT2D eigenvalue weighted by molar-refractivity contribution is 6.35. The number of nitrogens with one attached hydrogen (secondary N) is 1. The van der Waals surface area contributed by atoms with Crippen LogP contribution in [0.25, 0.3) is 11.1 Å². The molecule has 7 nitrogen and oxygen atoms in total. The van der Waals surface area contributed by atoms with Gasteiger partial charge in [0.25, 0.3) is 5.91 Å². The second-order valence-electron chi connectivity index (χ2n) is 7.93. The summed E-state index contributed by atoms with van der Waals surface area (Å²) in [5.74, 6) is -1.23. The number of carbonyl (C=O) groups is 3. The Balaban J connectivity index is 1.43. The van der Waals surface area contributed by atoms with Crippen molar-refractivity contribution in [2.45, 2.75) is 13.5 Å². The second-order valence-corrected chi connectivity index (χ2v) is 7.93. The van der Waals surface area contributed by atoms with Crippen LogP contribution in [0.15, 0.2) is 72.8 Å². The van der Waals surface area contributed by atoms with E-state index in [1.54, 1.807) is 40.1 Å². The SMILES string of the molecule is CCN1CCN(Cc2ccc(C(=O)Nc3cc(-c4ccccc4)ccc3N)cc2)C(=O)C1=O. The van der Waals surface area contributed by atoms with Crippen LogP contribution in [0.2, 0.25) is 0 Å². The van der Waals surface area contributed by atoms with Crippen molar-refractivity contribution in [1.82, 2.24) is 9.80 Å². The standard InChI is InChI=1S/C26H26N4O3/c1-2-29-14-15-30(26(33)25(29)32)17-18-8-10-20(11-9-18)24(31)28-23-16-21(12-13-22(23)27)19-6-4-3-5-7-19/h3-13,16H,2,14-15,17,27H2,1H3,(H,28,31). The van der Waals surface area contributed by atoms with Gasteiger partial charge in [0.2, 0.25) is 0 Å². The Bertz CT molecular complexity index is 1180. The molecule has 3 aromatic carbocycles. The molecule has 0 aliphatic carbocycles. The lowest BCUT2D eigenvalue weighted by atomic mass is 10.0. The molecule has 0 bridgehead atoms. The van der Waals surface area contributed by atoms with Crippen molar-refractivity contribution in [3.63, 3.8) is 0 Å². The maximum atomic E-state index is 12.8. The fraction of sp³-hybridized carbons (Fsp3) is 0.192. The smallest absolute Gasteiger partial charge is 0.312 e. The number of carbonyl (C=O) groups excluding carboxylic acids is 3. The van der Waals surface area contributed by atoms with Gasteiger partial charge in [-0.3, -0.25) is 14.4 Å². The molecule has 1 aliphatic heterocycles. The molecule has 168 valence electrons. The summed E-state index contributed by atoms with van der Waals surface area (Å²) in [5.41, 5.74) is 10.4. The maximum Gasteiger partial charge on any atom is 0.312 e. The van der Waals surface area contributed by atoms with E-state index >= 15 is 0 Å². The number of nitrogens with zero attached hydrogens (tertiary/aromatic N) is 2. The monoisotopic (exact) mass is 442 g/mol. The van der Waals surface area contributed by atoms with Gasteiger partial charge in [-0.1, -0.05) is 48.5 Å². The van der Waals surface area contributed by atoms with Crippen molar-refractivity contribution in [2.75, 3.05) is 30.7 Å². The van der Waals surface area contributed by atoms with Crippen LogP contribution < -0.4 is 11.1 Å². The highest BCUT2D eigenvalue weighted by Gasteiger charge is 2.31. The molecule has 0 aromatic heterocycles. The molecular formula is C26H26N4O3. The van der Waals surface area contributed by atoms with Gasteiger partial charge in [-0.25, -0.2) is 0 Å². The third-order valence-electron chi connectivity index (χ3n) is 5.78. The molecule has 3 aromatic rings. The predicted molar refractivity (Wildman–Crippen MR) is 128 cm³/mol. The van der Waals surface area contributed by atoms with E-state index in [1.807, 2.05) is 49.4 Å². The van der Waals surface area contributed by atoms with Crippen molar-refractivity contribution in [3.8, 4) is 11.1 Å². The number of benzene rings is 3. The van der Waals surface area contributed by atoms with Gasteiger partial charge in [-0.2, -0.15) is 0 Å². The Morgan fingerprint density at radius 1 is 0.879 bits per heavy atom. The van der Waals surface area contributed by atoms with Crippen LogP contribution in [0.5, 0.6) is 0 Å². The first-order valence-electron chi connectivity index (χ1n) is 10.9. The largest absolute Gasteiger partial charge is 0.397 e. The number of hydrogen-bond donors (Lipinski definition) is 2. The van der Waals surface area contributed by atoms with E-state index in [-0.39, 0.29) is 5.91 Å². The fourth-order valence-electron chi connectivity index (χ4n) is 3.82. The highest BCUT2D eigenvalue weighted by atomic mass is 16.2. The zero-order chi connectivity index (χ0) is 23.4. The fourth-order valence-corrected chi connectivity index (χ4v) is 3.82. The third kappa shape index (κ3) is 4.87. The van der Waals surface area contributed by atoms with E-state index < -0.39 is 11.8 Å². The van der Waals surface area contributed by atoms with Crippen LogP contribution in [0.1, 0.15) is 22.8 Å². The van der Waals surface area contributed by atoms with Crippen LogP contribution in [-0.4, -0.2) is 47.2 Å². The van der Waals surface area contributed by atoms with Crippen LogP contribution in [0.3, 0.4) is 0 Å². The Labute approximate surface area is 192 Å². The molecule has 33 heavy (non-hydrogen) atoms. The van der Waals surface area contributed by atoms with Gasteiger partial charge < -0.3 is 20.9 Å². The second kappa shape index (κ2) is 9.56. The molecule has 3 amide bonds. The average Bonchev–Trinajstić information content (AvgIpc) is 2.84. The minimum absolute atomic E-state index is 0.277. The summed E-state index contributed by atoms with van der Waals surface area (Å²) in [5, 5.41) is 2.88. The van der Waals surface area contributed by atoms with Gasteiger partial charge in [0, 0.05) is 31.7 Å². The number of nitrogens with two attached hydrogens (primary N) is 1. The first-order chi connectivity index (χ1) is 16.0. The van der Waals surface area contributed by atoms with E-state index in [1.165, 1.54) is 0 Å². The summed E-state index contributed by atoms with van der Waals surface area (Å²) in [6, 6.07) is 22.4. The quantitative estimate of drug-likeness (QED) is 0.452. The summed E-state index contributed by atoms with van der Waals surface area (Å²) in [7, 11) is 0. The molecule has 1 heterocycles. The highest BCUT2D eigenvalue weighted by Crippen LogP contribution is 2.27. The summed E-state index contributed by atoms with van der Waals surface area (Å²) in [4.78, 5) is 40.3. The van der Waals surface area contributed by atoms with Crippen LogP contribution in [-0.2, 0) is 16.1 Å². The summed E-state index contributed by atoms with van der Waals surface area (Å²) in [6.45, 7) is 3.75. The first kappa shape index (κ1) is 22.1. The molecule has 0 saturated carbocycles. The summed E-state index contributed by atoms with van der Waals surface area (Å²) in [6.07, 6.45) is 0. The lowest BCUT2D eigenvalue weighted by molar-refractivity contribution is -0.156. The zero-order valence-electron chi connectivity index (χ0n) is 18.5. The first-order valence-corrected chi connectivity index (χ1v) is 10.9. The van der Waals surface area contributed by atoms with Crippen molar-refractivity contribution < 1.29 is 14.4 Å². The molecule has 1 aliphatic rings. The number of amides is 3. The lowest BCUT2D eigenvalue weighted by Gasteiger charge is -2.33. The number of likely N-dealkylation sites (N-methyl/N-ethyl adjacent to an activating group) is 1. The molecule has 1 saturated heterocycles. The van der Waals surface area contributed by atoms with Crippen molar-refractivity contribution in [2.24, 2.45) is 0 Å². The number of piperazine rings is 1. The number of nitrogen functional groups attached to an aromatic ring is 1. The molecule has 0 unspecified atom stereocenters. The van der Waals surface area contributed by atoms with Gasteiger partial charge >= 0.3 is 11.8 Å². The summed E-state index contributed by atoms with van der Waals surface area (Å²) >= 11 is 0. The third-order valence-corrected chi connectivity index (χ3v) is 5.78. The molecule has 0 spiro atoms. The Hall–Kier alpha value is -4.13. The van der Waals surface area contributed by atoms with E-state index in [0.29, 0.717) is 43.1 Å². The molecule has 1 fully saturated rings. The number of rotatable bonds is 6. The summed E-state index contributed by atoms with van der Waals surface area (Å²) < 4.78 is 0. The van der Waals surface area contributed by atoms with E-state index in [4.69, 9.17) is 5.73 Å². The van der Waals surface area contributed by atoms with Crippen molar-refractivity contribution in [3.05, 3.63) is 83.9 Å². The van der Waals surface area contributed by atoms with E-state index in [2.05, 4.69) is 5.32 Å². The number of anilines is 2. The maximum absolute atomic E-state index is 12.8. The molecular weight excluding hydrogens is 416 g/mol. The molecule has 0 radical (unpaired) electrons.